The zero-order valence-electron chi connectivity index (χ0n) is 13.4. The number of hydrogen-bond acceptors (Lipinski definition) is 5. The molecule has 0 unspecified atom stereocenters. The Hall–Kier alpha value is -2.38. The van der Waals surface area contributed by atoms with Crippen LogP contribution in [0.15, 0.2) is 42.7 Å². The monoisotopic (exact) mass is 355 g/mol. The fourth-order valence-corrected chi connectivity index (χ4v) is 4.41. The number of rotatable bonds is 4. The van der Waals surface area contributed by atoms with E-state index in [9.17, 15) is 9.90 Å². The maximum atomic E-state index is 11.0. The molecule has 0 bridgehead atoms. The number of aromatic nitrogens is 3. The van der Waals surface area contributed by atoms with Gasteiger partial charge in [0.25, 0.3) is 0 Å². The van der Waals surface area contributed by atoms with Crippen molar-refractivity contribution in [3.8, 4) is 5.69 Å². The summed E-state index contributed by atoms with van der Waals surface area (Å²) in [5, 5.41) is 25.0. The van der Waals surface area contributed by atoms with Crippen LogP contribution in [0.3, 0.4) is 0 Å². The van der Waals surface area contributed by atoms with Gasteiger partial charge in [0.2, 0.25) is 0 Å². The first-order valence-corrected chi connectivity index (χ1v) is 9.15. The summed E-state index contributed by atoms with van der Waals surface area (Å²) in [6.45, 7) is 0. The standard InChI is InChI=1S/C18H17N3O3S/c22-16(15-2-1-7-25-15)12-8-13-10-20-21(17(13)19-9-12)14-5-3-11(4-6-14)18(23)24/h3-6,8-10,15-16,22H,1-2,7H2,(H,23,24)/t15-,16-/m0/s1. The molecule has 2 atom stereocenters. The molecule has 128 valence electrons. The average molecular weight is 355 g/mol. The first kappa shape index (κ1) is 16.1. The molecule has 25 heavy (non-hydrogen) atoms. The summed E-state index contributed by atoms with van der Waals surface area (Å²) in [4.78, 5) is 15.4. The molecule has 1 saturated heterocycles. The highest BCUT2D eigenvalue weighted by molar-refractivity contribution is 8.00. The van der Waals surface area contributed by atoms with Gasteiger partial charge in [-0.05, 0) is 48.9 Å². The van der Waals surface area contributed by atoms with Crippen LogP contribution in [-0.2, 0) is 0 Å². The molecule has 7 heteroatoms. The van der Waals surface area contributed by atoms with Gasteiger partial charge >= 0.3 is 5.97 Å². The minimum atomic E-state index is -0.960. The van der Waals surface area contributed by atoms with E-state index >= 15 is 0 Å². The van der Waals surface area contributed by atoms with Crippen molar-refractivity contribution in [2.45, 2.75) is 24.2 Å². The maximum absolute atomic E-state index is 11.0. The van der Waals surface area contributed by atoms with Crippen LogP contribution in [-0.4, -0.2) is 41.9 Å². The van der Waals surface area contributed by atoms with Gasteiger partial charge in [-0.15, -0.1) is 0 Å². The van der Waals surface area contributed by atoms with Gasteiger partial charge in [0.15, 0.2) is 5.65 Å². The van der Waals surface area contributed by atoms with Crippen LogP contribution < -0.4 is 0 Å². The maximum Gasteiger partial charge on any atom is 0.335 e. The predicted molar refractivity (Wildman–Crippen MR) is 96.3 cm³/mol. The smallest absolute Gasteiger partial charge is 0.335 e. The number of thioether (sulfide) groups is 1. The summed E-state index contributed by atoms with van der Waals surface area (Å²) < 4.78 is 1.67. The van der Waals surface area contributed by atoms with E-state index in [2.05, 4.69) is 10.1 Å². The number of pyridine rings is 1. The number of aromatic carboxylic acids is 1. The lowest BCUT2D eigenvalue weighted by molar-refractivity contribution is 0.0697. The summed E-state index contributed by atoms with van der Waals surface area (Å²) in [6.07, 6.45) is 5.08. The number of carboxylic acids is 1. The van der Waals surface area contributed by atoms with Crippen LogP contribution in [0.2, 0.25) is 0 Å². The second-order valence-electron chi connectivity index (χ2n) is 6.09. The van der Waals surface area contributed by atoms with E-state index in [1.54, 1.807) is 41.3 Å². The van der Waals surface area contributed by atoms with Crippen molar-refractivity contribution in [1.29, 1.82) is 0 Å². The molecule has 0 amide bonds. The van der Waals surface area contributed by atoms with Crippen LogP contribution in [0, 0.1) is 0 Å². The fraction of sp³-hybridized carbons (Fsp3) is 0.278. The number of aliphatic hydroxyl groups excluding tert-OH is 1. The first-order valence-electron chi connectivity index (χ1n) is 8.10. The number of benzene rings is 1. The highest BCUT2D eigenvalue weighted by Crippen LogP contribution is 2.36. The molecule has 1 aromatic carbocycles. The van der Waals surface area contributed by atoms with E-state index in [1.807, 2.05) is 17.8 Å². The molecule has 0 aliphatic carbocycles. The Kier molecular flexibility index (Phi) is 4.19. The third kappa shape index (κ3) is 3.01. The van der Waals surface area contributed by atoms with Crippen molar-refractivity contribution in [2.24, 2.45) is 0 Å². The molecule has 0 radical (unpaired) electrons. The zero-order chi connectivity index (χ0) is 17.4. The Balaban J connectivity index is 1.66. The minimum absolute atomic E-state index is 0.229. The number of carboxylic acid groups (broad SMARTS) is 1. The van der Waals surface area contributed by atoms with E-state index in [4.69, 9.17) is 5.11 Å². The molecule has 0 saturated carbocycles. The van der Waals surface area contributed by atoms with Gasteiger partial charge in [0, 0.05) is 22.4 Å². The van der Waals surface area contributed by atoms with Crippen molar-refractivity contribution in [2.75, 3.05) is 5.75 Å². The minimum Gasteiger partial charge on any atom is -0.478 e. The normalized spacial score (nSPS) is 18.5. The SMILES string of the molecule is O=C(O)c1ccc(-n2ncc3cc([C@H](O)[C@@H]4CCCS4)cnc32)cc1. The van der Waals surface area contributed by atoms with Crippen molar-refractivity contribution in [3.63, 3.8) is 0 Å². The average Bonchev–Trinajstić information content (AvgIpc) is 3.30. The van der Waals surface area contributed by atoms with E-state index in [0.717, 1.165) is 35.2 Å². The van der Waals surface area contributed by atoms with Crippen LogP contribution >= 0.6 is 11.8 Å². The third-order valence-electron chi connectivity index (χ3n) is 4.45. The van der Waals surface area contributed by atoms with Crippen LogP contribution in [0.4, 0.5) is 0 Å². The number of nitrogens with zero attached hydrogens (tertiary/aromatic N) is 3. The van der Waals surface area contributed by atoms with Gasteiger partial charge in [0.05, 0.1) is 23.6 Å². The summed E-state index contributed by atoms with van der Waals surface area (Å²) in [7, 11) is 0. The quantitative estimate of drug-likeness (QED) is 0.748. The number of fused-ring (bicyclic) bond motifs is 1. The predicted octanol–water partition coefficient (Wildman–Crippen LogP) is 3.05. The lowest BCUT2D eigenvalue weighted by Crippen LogP contribution is -2.12. The van der Waals surface area contributed by atoms with Crippen molar-refractivity contribution in [1.82, 2.24) is 14.8 Å². The second-order valence-corrected chi connectivity index (χ2v) is 7.43. The van der Waals surface area contributed by atoms with Gasteiger partial charge < -0.3 is 10.2 Å². The van der Waals surface area contributed by atoms with Crippen LogP contribution in [0.5, 0.6) is 0 Å². The van der Waals surface area contributed by atoms with Gasteiger partial charge in [-0.1, -0.05) is 0 Å². The largest absolute Gasteiger partial charge is 0.478 e. The first-order chi connectivity index (χ1) is 12.1. The molecular weight excluding hydrogens is 338 g/mol. The van der Waals surface area contributed by atoms with E-state index in [1.165, 1.54) is 0 Å². The highest BCUT2D eigenvalue weighted by atomic mass is 32.2. The van der Waals surface area contributed by atoms with Gasteiger partial charge in [-0.3, -0.25) is 0 Å². The molecule has 0 spiro atoms. The fourth-order valence-electron chi connectivity index (χ4n) is 3.10. The van der Waals surface area contributed by atoms with Crippen molar-refractivity contribution in [3.05, 3.63) is 53.9 Å². The van der Waals surface area contributed by atoms with Crippen molar-refractivity contribution < 1.29 is 15.0 Å². The van der Waals surface area contributed by atoms with E-state index < -0.39 is 12.1 Å². The molecule has 1 aliphatic rings. The number of hydrogen-bond donors (Lipinski definition) is 2. The van der Waals surface area contributed by atoms with Gasteiger partial charge in [0.1, 0.15) is 0 Å². The Morgan fingerprint density at radius 1 is 1.28 bits per heavy atom. The highest BCUT2D eigenvalue weighted by Gasteiger charge is 2.25. The molecule has 2 N–H and O–H groups in total. The summed E-state index contributed by atoms with van der Waals surface area (Å²) in [6, 6.07) is 8.42. The third-order valence-corrected chi connectivity index (χ3v) is 5.89. The molecule has 1 fully saturated rings. The van der Waals surface area contributed by atoms with Crippen molar-refractivity contribution >= 4 is 28.8 Å². The number of carbonyl (C=O) groups is 1. The Morgan fingerprint density at radius 2 is 2.08 bits per heavy atom. The lowest BCUT2D eigenvalue weighted by atomic mass is 10.0. The van der Waals surface area contributed by atoms with Crippen LogP contribution in [0.1, 0.15) is 34.9 Å². The molecule has 1 aliphatic heterocycles. The molecule has 6 nitrogen and oxygen atoms in total. The molecule has 3 aromatic rings. The van der Waals surface area contributed by atoms with Gasteiger partial charge in [-0.2, -0.15) is 16.9 Å². The van der Waals surface area contributed by atoms with E-state index in [0.29, 0.717) is 5.65 Å². The zero-order valence-corrected chi connectivity index (χ0v) is 14.2. The van der Waals surface area contributed by atoms with Gasteiger partial charge in [-0.25, -0.2) is 14.5 Å². The molecular formula is C18H17N3O3S. The molecule has 4 rings (SSSR count). The summed E-state index contributed by atoms with van der Waals surface area (Å²) in [5.74, 6) is 0.139. The Morgan fingerprint density at radius 3 is 2.76 bits per heavy atom. The topological polar surface area (TPSA) is 88.2 Å². The lowest BCUT2D eigenvalue weighted by Gasteiger charge is -2.17. The van der Waals surface area contributed by atoms with Crippen LogP contribution in [0.25, 0.3) is 16.7 Å². The second kappa shape index (κ2) is 6.50. The Bertz CT molecular complexity index is 917. The number of aliphatic hydroxyl groups is 1. The summed E-state index contributed by atoms with van der Waals surface area (Å²) in [5.41, 5.74) is 2.46. The molecule has 3 heterocycles. The van der Waals surface area contributed by atoms with E-state index in [-0.39, 0.29) is 10.8 Å². The summed E-state index contributed by atoms with van der Waals surface area (Å²) >= 11 is 1.81. The molecule has 2 aromatic heterocycles. The Labute approximate surface area is 148 Å².